The molecule has 0 aliphatic carbocycles. The average molecular weight is 413 g/mol. The van der Waals surface area contributed by atoms with Gasteiger partial charge in [0, 0.05) is 33.7 Å². The molecule has 0 fully saturated rings. The summed E-state index contributed by atoms with van der Waals surface area (Å²) in [5, 5.41) is 0. The third-order valence-electron chi connectivity index (χ3n) is 4.00. The average Bonchev–Trinajstić information content (AvgIpc) is 3.16. The number of hydrogen-bond acceptors (Lipinski definition) is 5. The van der Waals surface area contributed by atoms with E-state index >= 15 is 0 Å². The third-order valence-corrected chi connectivity index (χ3v) is 4.93. The highest BCUT2D eigenvalue weighted by atomic mass is 32.2. The number of rotatable bonds is 5. The van der Waals surface area contributed by atoms with Crippen LogP contribution in [0.4, 0.5) is 4.79 Å². The maximum atomic E-state index is 12.1. The number of benzene rings is 2. The van der Waals surface area contributed by atoms with Crippen molar-refractivity contribution in [3.8, 4) is 17.0 Å². The van der Waals surface area contributed by atoms with Crippen molar-refractivity contribution in [1.82, 2.24) is 9.55 Å². The molecule has 0 spiro atoms. The van der Waals surface area contributed by atoms with Gasteiger partial charge in [-0.15, -0.1) is 0 Å². The lowest BCUT2D eigenvalue weighted by atomic mass is 10.1. The molecule has 152 valence electrons. The second-order valence-electron chi connectivity index (χ2n) is 7.56. The molecule has 0 radical (unpaired) electrons. The first-order chi connectivity index (χ1) is 13.7. The number of carbonyl (C=O) groups excluding carboxylic acids is 1. The summed E-state index contributed by atoms with van der Waals surface area (Å²) in [7, 11) is -0.982. The summed E-state index contributed by atoms with van der Waals surface area (Å²) in [6.45, 7) is 5.88. The third kappa shape index (κ3) is 5.77. The van der Waals surface area contributed by atoms with Crippen molar-refractivity contribution >= 4 is 16.9 Å². The van der Waals surface area contributed by atoms with Crippen molar-refractivity contribution in [2.24, 2.45) is 0 Å². The molecule has 1 unspecified atom stereocenters. The predicted molar refractivity (Wildman–Crippen MR) is 112 cm³/mol. The van der Waals surface area contributed by atoms with Crippen molar-refractivity contribution in [3.63, 3.8) is 0 Å². The molecule has 0 aliphatic heterocycles. The smallest absolute Gasteiger partial charge is 0.419 e. The van der Waals surface area contributed by atoms with E-state index in [9.17, 15) is 9.00 Å². The van der Waals surface area contributed by atoms with E-state index in [0.717, 1.165) is 21.8 Å². The molecule has 1 atom stereocenters. The first-order valence-corrected chi connectivity index (χ1v) is 10.7. The zero-order valence-electron chi connectivity index (χ0n) is 16.9. The molecule has 0 saturated carbocycles. The zero-order valence-corrected chi connectivity index (χ0v) is 17.7. The van der Waals surface area contributed by atoms with Crippen LogP contribution in [0.1, 0.15) is 26.3 Å². The van der Waals surface area contributed by atoms with Crippen LogP contribution < -0.4 is 4.74 Å². The van der Waals surface area contributed by atoms with Gasteiger partial charge in [-0.25, -0.2) is 14.3 Å². The van der Waals surface area contributed by atoms with Crippen LogP contribution in [0.5, 0.6) is 5.75 Å². The van der Waals surface area contributed by atoms with Gasteiger partial charge < -0.3 is 9.47 Å². The molecule has 0 bridgehead atoms. The molecule has 3 aromatic rings. The summed E-state index contributed by atoms with van der Waals surface area (Å²) in [6, 6.07) is 15.0. The highest BCUT2D eigenvalue weighted by Gasteiger charge is 2.18. The molecular weight excluding hydrogens is 388 g/mol. The summed E-state index contributed by atoms with van der Waals surface area (Å²) in [5.74, 6) is 0.725. The number of hydrogen-bond donors (Lipinski definition) is 0. The molecule has 0 saturated heterocycles. The van der Waals surface area contributed by atoms with Gasteiger partial charge in [-0.05, 0) is 62.7 Å². The maximum Gasteiger partial charge on any atom is 0.419 e. The van der Waals surface area contributed by atoms with Gasteiger partial charge in [-0.1, -0.05) is 12.1 Å². The van der Waals surface area contributed by atoms with E-state index in [2.05, 4.69) is 4.98 Å². The van der Waals surface area contributed by atoms with Crippen LogP contribution in [0, 0.1) is 0 Å². The Hall–Kier alpha value is -2.93. The van der Waals surface area contributed by atoms with Gasteiger partial charge in [0.2, 0.25) is 0 Å². The number of ether oxygens (including phenoxy) is 2. The van der Waals surface area contributed by atoms with Crippen LogP contribution in [0.15, 0.2) is 66.0 Å². The minimum atomic E-state index is -0.982. The second kappa shape index (κ2) is 8.61. The Kier molecular flexibility index (Phi) is 6.17. The summed E-state index contributed by atoms with van der Waals surface area (Å²) < 4.78 is 23.9. The zero-order chi connectivity index (χ0) is 21.0. The van der Waals surface area contributed by atoms with E-state index in [-0.39, 0.29) is 0 Å². The van der Waals surface area contributed by atoms with Crippen molar-refractivity contribution in [2.45, 2.75) is 37.9 Å². The Labute approximate surface area is 173 Å². The van der Waals surface area contributed by atoms with E-state index < -0.39 is 22.5 Å². The summed E-state index contributed by atoms with van der Waals surface area (Å²) in [4.78, 5) is 17.2. The predicted octanol–water partition coefficient (Wildman–Crippen LogP) is 4.65. The monoisotopic (exact) mass is 412 g/mol. The Balaban J connectivity index is 1.61. The van der Waals surface area contributed by atoms with Crippen molar-refractivity contribution in [3.05, 3.63) is 66.6 Å². The SMILES string of the molecule is CS(=O)c1ccc(COc2ccc(-c3cn(C(=O)OC(C)(C)C)cn3)cc2)cc1. The van der Waals surface area contributed by atoms with E-state index in [0.29, 0.717) is 12.3 Å². The van der Waals surface area contributed by atoms with Crippen LogP contribution in [0.25, 0.3) is 11.3 Å². The minimum absolute atomic E-state index is 0.420. The molecule has 6 nitrogen and oxygen atoms in total. The topological polar surface area (TPSA) is 70.4 Å². The Morgan fingerprint density at radius 2 is 1.72 bits per heavy atom. The van der Waals surface area contributed by atoms with Gasteiger partial charge in [0.1, 0.15) is 24.3 Å². The molecule has 3 rings (SSSR count). The largest absolute Gasteiger partial charge is 0.489 e. The van der Waals surface area contributed by atoms with Gasteiger partial charge in [0.15, 0.2) is 0 Å². The first kappa shape index (κ1) is 20.8. The lowest BCUT2D eigenvalue weighted by molar-refractivity contribution is 0.0536. The molecule has 29 heavy (non-hydrogen) atoms. The molecule has 2 aromatic carbocycles. The summed E-state index contributed by atoms with van der Waals surface area (Å²) in [6.07, 6.45) is 4.28. The normalized spacial score (nSPS) is 12.4. The lowest BCUT2D eigenvalue weighted by Gasteiger charge is -2.19. The Bertz CT molecular complexity index is 1000. The van der Waals surface area contributed by atoms with Crippen molar-refractivity contribution in [1.29, 1.82) is 0 Å². The van der Waals surface area contributed by atoms with Crippen LogP contribution in [-0.4, -0.2) is 31.7 Å². The molecular formula is C22H24N2O4S. The Morgan fingerprint density at radius 3 is 2.31 bits per heavy atom. The van der Waals surface area contributed by atoms with Gasteiger partial charge >= 0.3 is 6.09 Å². The van der Waals surface area contributed by atoms with Gasteiger partial charge in [0.05, 0.1) is 5.69 Å². The van der Waals surface area contributed by atoms with Gasteiger partial charge in [-0.3, -0.25) is 4.21 Å². The first-order valence-electron chi connectivity index (χ1n) is 9.14. The fourth-order valence-corrected chi connectivity index (χ4v) is 3.07. The van der Waals surface area contributed by atoms with Crippen LogP contribution in [0.3, 0.4) is 0 Å². The molecule has 0 aliphatic rings. The fourth-order valence-electron chi connectivity index (χ4n) is 2.55. The molecule has 1 aromatic heterocycles. The van der Waals surface area contributed by atoms with E-state index in [1.165, 1.54) is 10.9 Å². The van der Waals surface area contributed by atoms with E-state index in [4.69, 9.17) is 9.47 Å². The minimum Gasteiger partial charge on any atom is -0.489 e. The Morgan fingerprint density at radius 1 is 1.07 bits per heavy atom. The van der Waals surface area contributed by atoms with E-state index in [1.54, 1.807) is 12.5 Å². The number of imidazole rings is 1. The fraction of sp³-hybridized carbons (Fsp3) is 0.273. The number of carbonyl (C=O) groups is 1. The highest BCUT2D eigenvalue weighted by Crippen LogP contribution is 2.22. The summed E-state index contributed by atoms with van der Waals surface area (Å²) in [5.41, 5.74) is 1.98. The summed E-state index contributed by atoms with van der Waals surface area (Å²) >= 11 is 0. The highest BCUT2D eigenvalue weighted by molar-refractivity contribution is 7.84. The van der Waals surface area contributed by atoms with Crippen molar-refractivity contribution in [2.75, 3.05) is 6.26 Å². The lowest BCUT2D eigenvalue weighted by Crippen LogP contribution is -2.26. The second-order valence-corrected chi connectivity index (χ2v) is 8.94. The van der Waals surface area contributed by atoms with Crippen LogP contribution >= 0.6 is 0 Å². The van der Waals surface area contributed by atoms with Crippen LogP contribution in [0.2, 0.25) is 0 Å². The maximum absolute atomic E-state index is 12.1. The van der Waals surface area contributed by atoms with Crippen molar-refractivity contribution < 1.29 is 18.5 Å². The van der Waals surface area contributed by atoms with Gasteiger partial charge in [-0.2, -0.15) is 0 Å². The molecule has 1 heterocycles. The van der Waals surface area contributed by atoms with E-state index in [1.807, 2.05) is 69.3 Å². The molecule has 0 N–H and O–H groups in total. The van der Waals surface area contributed by atoms with Crippen LogP contribution in [-0.2, 0) is 22.1 Å². The standard InChI is InChI=1S/C22H24N2O4S/c1-22(2,3)28-21(25)24-13-20(23-15-24)17-7-9-18(10-8-17)27-14-16-5-11-19(12-6-16)29(4)26/h5-13,15H,14H2,1-4H3. The molecule has 0 amide bonds. The number of aromatic nitrogens is 2. The quantitative estimate of drug-likeness (QED) is 0.610. The molecule has 7 heteroatoms. The number of nitrogens with zero attached hydrogens (tertiary/aromatic N) is 2. The van der Waals surface area contributed by atoms with Gasteiger partial charge in [0.25, 0.3) is 0 Å².